The second-order valence-electron chi connectivity index (χ2n) is 4.23. The first-order chi connectivity index (χ1) is 6.04. The Labute approximate surface area is 81.7 Å². The molecular weight excluding hydrogens is 192 g/mol. The number of carboxylic acid groups (broad SMARTS) is 1. The van der Waals surface area contributed by atoms with E-state index < -0.39 is 11.6 Å². The van der Waals surface area contributed by atoms with E-state index in [1.165, 1.54) is 0 Å². The summed E-state index contributed by atoms with van der Waals surface area (Å²) in [7, 11) is 0. The van der Waals surface area contributed by atoms with Crippen molar-refractivity contribution in [3.8, 4) is 0 Å². The molecule has 0 saturated heterocycles. The molecule has 0 unspecified atom stereocenters. The number of rotatable bonds is 2. The van der Waals surface area contributed by atoms with Crippen molar-refractivity contribution in [1.29, 1.82) is 0 Å². The summed E-state index contributed by atoms with van der Waals surface area (Å²) < 4.78 is 0. The predicted molar refractivity (Wildman–Crippen MR) is 47.7 cm³/mol. The van der Waals surface area contributed by atoms with Gasteiger partial charge >= 0.3 is 5.97 Å². The highest BCUT2D eigenvalue weighted by Gasteiger charge is 2.57. The first-order valence-electron chi connectivity index (χ1n) is 4.62. The van der Waals surface area contributed by atoms with Crippen LogP contribution in [0.15, 0.2) is 0 Å². The van der Waals surface area contributed by atoms with E-state index in [2.05, 4.69) is 0 Å². The van der Waals surface area contributed by atoms with Crippen LogP contribution in [-0.2, 0) is 4.79 Å². The Morgan fingerprint density at radius 1 is 1.54 bits per heavy atom. The van der Waals surface area contributed by atoms with Crippen LogP contribution < -0.4 is 0 Å². The minimum Gasteiger partial charge on any atom is -0.481 e. The molecule has 0 aromatic rings. The molecule has 2 aliphatic rings. The quantitative estimate of drug-likeness (QED) is 0.666. The zero-order valence-electron chi connectivity index (χ0n) is 7.24. The molecule has 2 fully saturated rings. The number of aliphatic hydroxyl groups is 1. The van der Waals surface area contributed by atoms with E-state index in [0.717, 1.165) is 19.3 Å². The van der Waals surface area contributed by atoms with Crippen LogP contribution >= 0.6 is 11.6 Å². The van der Waals surface area contributed by atoms with Crippen molar-refractivity contribution >= 4 is 17.6 Å². The van der Waals surface area contributed by atoms with Gasteiger partial charge in [0.1, 0.15) is 0 Å². The molecule has 2 aliphatic carbocycles. The Hall–Kier alpha value is -0.280. The van der Waals surface area contributed by atoms with E-state index >= 15 is 0 Å². The van der Waals surface area contributed by atoms with E-state index in [4.69, 9.17) is 16.7 Å². The molecule has 2 bridgehead atoms. The number of halogens is 1. The van der Waals surface area contributed by atoms with Crippen LogP contribution in [0.2, 0.25) is 0 Å². The highest BCUT2D eigenvalue weighted by molar-refractivity contribution is 6.22. The molecule has 0 aliphatic heterocycles. The summed E-state index contributed by atoms with van der Waals surface area (Å²) in [6.07, 6.45) is 2.67. The van der Waals surface area contributed by atoms with Crippen molar-refractivity contribution in [3.63, 3.8) is 0 Å². The predicted octanol–water partition coefficient (Wildman–Crippen LogP) is 1.23. The molecular formula is C9H13ClO3. The Bertz CT molecular complexity index is 239. The number of hydrogen-bond acceptors (Lipinski definition) is 2. The Kier molecular flexibility index (Phi) is 2.04. The number of hydrogen-bond donors (Lipinski definition) is 2. The third kappa shape index (κ3) is 1.25. The van der Waals surface area contributed by atoms with Crippen LogP contribution in [0.3, 0.4) is 0 Å². The van der Waals surface area contributed by atoms with Gasteiger partial charge in [-0.2, -0.15) is 0 Å². The fourth-order valence-corrected chi connectivity index (χ4v) is 3.34. The molecule has 2 rings (SSSR count). The molecule has 13 heavy (non-hydrogen) atoms. The van der Waals surface area contributed by atoms with Crippen LogP contribution in [0.5, 0.6) is 0 Å². The first kappa shape index (κ1) is 9.28. The average molecular weight is 205 g/mol. The van der Waals surface area contributed by atoms with Gasteiger partial charge in [0, 0.05) is 0 Å². The minimum absolute atomic E-state index is 0.107. The average Bonchev–Trinajstić information content (AvgIpc) is 2.54. The highest BCUT2D eigenvalue weighted by atomic mass is 35.5. The second kappa shape index (κ2) is 2.85. The van der Waals surface area contributed by atoms with Gasteiger partial charge in [-0.3, -0.25) is 4.79 Å². The van der Waals surface area contributed by atoms with E-state index in [1.807, 2.05) is 0 Å². The van der Waals surface area contributed by atoms with Crippen molar-refractivity contribution in [1.82, 2.24) is 0 Å². The van der Waals surface area contributed by atoms with Crippen molar-refractivity contribution in [3.05, 3.63) is 0 Å². The standard InChI is InChI=1S/C9H13ClO3/c10-8-5-1-2-6(3-5)9(8,13)4-7(11)12/h5-6,8,13H,1-4H2,(H,11,12)/t5-,6+,8-,9-/m1/s1. The Morgan fingerprint density at radius 3 is 2.69 bits per heavy atom. The molecule has 74 valence electrons. The lowest BCUT2D eigenvalue weighted by atomic mass is 9.81. The summed E-state index contributed by atoms with van der Waals surface area (Å²) >= 11 is 6.05. The van der Waals surface area contributed by atoms with Gasteiger partial charge in [0.05, 0.1) is 17.4 Å². The summed E-state index contributed by atoms with van der Waals surface area (Å²) in [5.74, 6) is -0.521. The molecule has 0 spiro atoms. The fourth-order valence-electron chi connectivity index (χ4n) is 2.85. The summed E-state index contributed by atoms with van der Waals surface area (Å²) in [6, 6.07) is 0. The lowest BCUT2D eigenvalue weighted by Crippen LogP contribution is -2.46. The molecule has 2 saturated carbocycles. The zero-order valence-corrected chi connectivity index (χ0v) is 8.00. The van der Waals surface area contributed by atoms with E-state index in [9.17, 15) is 9.90 Å². The van der Waals surface area contributed by atoms with Gasteiger partial charge < -0.3 is 10.2 Å². The molecule has 4 atom stereocenters. The van der Waals surface area contributed by atoms with Gasteiger partial charge in [-0.1, -0.05) is 0 Å². The van der Waals surface area contributed by atoms with Crippen molar-refractivity contribution < 1.29 is 15.0 Å². The summed E-state index contributed by atoms with van der Waals surface area (Å²) in [5.41, 5.74) is -1.14. The van der Waals surface area contributed by atoms with Gasteiger partial charge in [0.2, 0.25) is 0 Å². The largest absolute Gasteiger partial charge is 0.481 e. The first-order valence-corrected chi connectivity index (χ1v) is 5.06. The monoisotopic (exact) mass is 204 g/mol. The molecule has 2 N–H and O–H groups in total. The second-order valence-corrected chi connectivity index (χ2v) is 4.70. The lowest BCUT2D eigenvalue weighted by molar-refractivity contribution is -0.144. The van der Waals surface area contributed by atoms with Crippen LogP contribution in [0.25, 0.3) is 0 Å². The Balaban J connectivity index is 2.17. The summed E-state index contributed by atoms with van der Waals surface area (Å²) in [5, 5.41) is 18.4. The van der Waals surface area contributed by atoms with Crippen LogP contribution in [0.1, 0.15) is 25.7 Å². The number of carbonyl (C=O) groups is 1. The minimum atomic E-state index is -1.14. The fraction of sp³-hybridized carbons (Fsp3) is 0.889. The highest BCUT2D eigenvalue weighted by Crippen LogP contribution is 2.54. The topological polar surface area (TPSA) is 57.5 Å². The summed E-state index contributed by atoms with van der Waals surface area (Å²) in [4.78, 5) is 10.6. The third-order valence-corrected chi connectivity index (χ3v) is 4.24. The zero-order chi connectivity index (χ0) is 9.64. The van der Waals surface area contributed by atoms with Crippen molar-refractivity contribution in [2.75, 3.05) is 0 Å². The van der Waals surface area contributed by atoms with Crippen LogP contribution in [0.4, 0.5) is 0 Å². The number of carboxylic acids is 1. The molecule has 0 aromatic carbocycles. The smallest absolute Gasteiger partial charge is 0.306 e. The summed E-state index contributed by atoms with van der Waals surface area (Å²) in [6.45, 7) is 0. The maximum atomic E-state index is 10.6. The molecule has 4 heteroatoms. The number of fused-ring (bicyclic) bond motifs is 2. The molecule has 0 heterocycles. The van der Waals surface area contributed by atoms with Crippen molar-refractivity contribution in [2.45, 2.75) is 36.7 Å². The van der Waals surface area contributed by atoms with E-state index in [1.54, 1.807) is 0 Å². The van der Waals surface area contributed by atoms with Gasteiger partial charge in [0.25, 0.3) is 0 Å². The number of aliphatic carboxylic acids is 1. The third-order valence-electron chi connectivity index (χ3n) is 3.51. The van der Waals surface area contributed by atoms with Crippen molar-refractivity contribution in [2.24, 2.45) is 11.8 Å². The van der Waals surface area contributed by atoms with Gasteiger partial charge in [-0.15, -0.1) is 11.6 Å². The molecule has 3 nitrogen and oxygen atoms in total. The van der Waals surface area contributed by atoms with Crippen LogP contribution in [-0.4, -0.2) is 27.2 Å². The maximum absolute atomic E-state index is 10.6. The maximum Gasteiger partial charge on any atom is 0.306 e. The molecule has 0 radical (unpaired) electrons. The normalized spacial score (nSPS) is 48.3. The number of alkyl halides is 1. The lowest BCUT2D eigenvalue weighted by Gasteiger charge is -2.35. The van der Waals surface area contributed by atoms with E-state index in [-0.39, 0.29) is 17.7 Å². The van der Waals surface area contributed by atoms with Gasteiger partial charge in [-0.05, 0) is 31.1 Å². The van der Waals surface area contributed by atoms with Gasteiger partial charge in [-0.25, -0.2) is 0 Å². The molecule has 0 aromatic heterocycles. The van der Waals surface area contributed by atoms with Crippen LogP contribution in [0, 0.1) is 11.8 Å². The van der Waals surface area contributed by atoms with E-state index in [0.29, 0.717) is 5.92 Å². The Morgan fingerprint density at radius 2 is 2.23 bits per heavy atom. The van der Waals surface area contributed by atoms with Gasteiger partial charge in [0.15, 0.2) is 0 Å². The SMILES string of the molecule is O=C(O)C[C@@]1(O)[C@H]2CC[C@H](C2)[C@H]1Cl. The molecule has 0 amide bonds.